The van der Waals surface area contributed by atoms with Crippen LogP contribution in [0.25, 0.3) is 5.69 Å². The van der Waals surface area contributed by atoms with E-state index >= 15 is 0 Å². The van der Waals surface area contributed by atoms with Gasteiger partial charge in [0.15, 0.2) is 5.69 Å². The highest BCUT2D eigenvalue weighted by Gasteiger charge is 2.16. The maximum absolute atomic E-state index is 12.6. The maximum atomic E-state index is 12.6. The number of aromatic nitrogens is 2. The Bertz CT molecular complexity index is 1090. The van der Waals surface area contributed by atoms with Gasteiger partial charge < -0.3 is 10.2 Å². The molecule has 0 fully saturated rings. The van der Waals surface area contributed by atoms with Crippen LogP contribution < -0.4 is 10.7 Å². The van der Waals surface area contributed by atoms with Crippen LogP contribution >= 0.6 is 11.8 Å². The molecule has 0 aliphatic carbocycles. The van der Waals surface area contributed by atoms with Crippen LogP contribution in [0.1, 0.15) is 16.2 Å². The van der Waals surface area contributed by atoms with Crippen LogP contribution in [0.2, 0.25) is 0 Å². The number of rotatable bonds is 4. The average molecular weight is 408 g/mol. The lowest BCUT2D eigenvalue weighted by molar-refractivity contribution is 0.101. The van der Waals surface area contributed by atoms with Gasteiger partial charge in [-0.05, 0) is 55.1 Å². The summed E-state index contributed by atoms with van der Waals surface area (Å²) >= 11 is 1.09. The fourth-order valence-electron chi connectivity index (χ4n) is 2.52. The summed E-state index contributed by atoms with van der Waals surface area (Å²) in [7, 11) is 3.36. The van der Waals surface area contributed by atoms with E-state index in [0.29, 0.717) is 11.4 Å². The summed E-state index contributed by atoms with van der Waals surface area (Å²) in [6, 6.07) is 17.5. The number of aryl methyl sites for hydroxylation is 1. The Morgan fingerprint density at radius 2 is 1.69 bits per heavy atom. The van der Waals surface area contributed by atoms with E-state index in [-0.39, 0.29) is 10.9 Å². The molecule has 0 radical (unpaired) electrons. The lowest BCUT2D eigenvalue weighted by Gasteiger charge is -2.12. The number of anilines is 1. The molecule has 0 spiro atoms. The van der Waals surface area contributed by atoms with Crippen molar-refractivity contribution in [2.24, 2.45) is 0 Å². The molecule has 0 atom stereocenters. The normalized spacial score (nSPS) is 10.4. The van der Waals surface area contributed by atoms with Crippen molar-refractivity contribution in [3.63, 3.8) is 0 Å². The van der Waals surface area contributed by atoms with E-state index in [4.69, 9.17) is 0 Å². The number of para-hydroxylation sites is 1. The number of carbonyl (C=O) groups is 2. The minimum absolute atomic E-state index is 0.0906. The minimum atomic E-state index is -0.593. The predicted octanol–water partition coefficient (Wildman–Crippen LogP) is 3.57. The molecular weight excluding hydrogens is 388 g/mol. The van der Waals surface area contributed by atoms with Gasteiger partial charge in [-0.3, -0.25) is 14.4 Å². The van der Waals surface area contributed by atoms with Crippen molar-refractivity contribution in [3.05, 3.63) is 82.3 Å². The zero-order valence-corrected chi connectivity index (χ0v) is 17.1. The molecule has 0 bridgehead atoms. The number of amides is 2. The largest absolute Gasteiger partial charge is 0.339 e. The van der Waals surface area contributed by atoms with Crippen molar-refractivity contribution in [1.29, 1.82) is 0 Å². The molecule has 0 aliphatic heterocycles. The number of nitrogens with zero attached hydrogens (tertiary/aromatic N) is 3. The van der Waals surface area contributed by atoms with Gasteiger partial charge in [0.2, 0.25) is 5.43 Å². The van der Waals surface area contributed by atoms with E-state index in [2.05, 4.69) is 10.4 Å². The molecule has 0 aliphatic rings. The van der Waals surface area contributed by atoms with Gasteiger partial charge in [-0.25, -0.2) is 4.68 Å². The first-order valence-corrected chi connectivity index (χ1v) is 9.64. The molecule has 2 amide bonds. The maximum Gasteiger partial charge on any atom is 0.285 e. The highest BCUT2D eigenvalue weighted by atomic mass is 32.2. The average Bonchev–Trinajstić information content (AvgIpc) is 2.70. The summed E-state index contributed by atoms with van der Waals surface area (Å²) in [5.41, 5.74) is 1.25. The number of carbonyl (C=O) groups excluding carboxylic acids is 2. The highest BCUT2D eigenvalue weighted by Crippen LogP contribution is 2.22. The fourth-order valence-corrected chi connectivity index (χ4v) is 3.18. The third-order valence-corrected chi connectivity index (χ3v) is 5.05. The fraction of sp³-hybridized carbons (Fsp3) is 0.143. The Morgan fingerprint density at radius 1 is 1.03 bits per heavy atom. The third kappa shape index (κ3) is 4.91. The van der Waals surface area contributed by atoms with Gasteiger partial charge >= 0.3 is 0 Å². The van der Waals surface area contributed by atoms with Gasteiger partial charge in [-0.15, -0.1) is 0 Å². The van der Waals surface area contributed by atoms with Crippen molar-refractivity contribution >= 4 is 28.6 Å². The van der Waals surface area contributed by atoms with E-state index in [0.717, 1.165) is 22.3 Å². The minimum Gasteiger partial charge on any atom is -0.339 e. The van der Waals surface area contributed by atoms with Crippen LogP contribution in [0.4, 0.5) is 10.5 Å². The number of benzene rings is 2. The number of hydrogen-bond acceptors (Lipinski definition) is 5. The third-order valence-electron chi connectivity index (χ3n) is 4.01. The smallest absolute Gasteiger partial charge is 0.285 e. The van der Waals surface area contributed by atoms with Crippen molar-refractivity contribution < 1.29 is 9.59 Å². The van der Waals surface area contributed by atoms with Gasteiger partial charge in [0.25, 0.3) is 11.1 Å². The Labute approximate surface area is 172 Å². The van der Waals surface area contributed by atoms with Gasteiger partial charge in [-0.1, -0.05) is 18.2 Å². The zero-order chi connectivity index (χ0) is 21.0. The Morgan fingerprint density at radius 3 is 2.31 bits per heavy atom. The Hall–Kier alpha value is -3.39. The molecule has 29 heavy (non-hydrogen) atoms. The molecule has 2 aromatic carbocycles. The molecule has 1 aromatic heterocycles. The standard InChI is InChI=1S/C21H20N4O3S/c1-14-13-18(26)19(23-25(14)16-7-5-4-6-8-16)20(27)22-15-9-11-17(12-10-15)29-21(28)24(2)3/h4-13H,1-3H3,(H,22,27). The van der Waals surface area contributed by atoms with Crippen LogP contribution in [0.3, 0.4) is 0 Å². The topological polar surface area (TPSA) is 84.3 Å². The second kappa shape index (κ2) is 8.74. The molecule has 0 unspecified atom stereocenters. The molecule has 0 saturated heterocycles. The zero-order valence-electron chi connectivity index (χ0n) is 16.2. The first-order valence-electron chi connectivity index (χ1n) is 8.82. The van der Waals surface area contributed by atoms with Crippen molar-refractivity contribution in [1.82, 2.24) is 14.7 Å². The van der Waals surface area contributed by atoms with Crippen molar-refractivity contribution in [2.45, 2.75) is 11.8 Å². The van der Waals surface area contributed by atoms with Crippen LogP contribution in [0.15, 0.2) is 70.4 Å². The lowest BCUT2D eigenvalue weighted by Crippen LogP contribution is -2.26. The Balaban J connectivity index is 1.81. The molecule has 8 heteroatoms. The monoisotopic (exact) mass is 408 g/mol. The second-order valence-electron chi connectivity index (χ2n) is 6.49. The summed E-state index contributed by atoms with van der Waals surface area (Å²) in [6.07, 6.45) is 0. The lowest BCUT2D eigenvalue weighted by atomic mass is 10.2. The summed E-state index contributed by atoms with van der Waals surface area (Å²) < 4.78 is 1.56. The van der Waals surface area contributed by atoms with E-state index in [1.165, 1.54) is 11.0 Å². The molecule has 148 valence electrons. The Kier molecular flexibility index (Phi) is 6.13. The van der Waals surface area contributed by atoms with E-state index < -0.39 is 11.3 Å². The molecule has 1 heterocycles. The van der Waals surface area contributed by atoms with Gasteiger partial charge in [0, 0.05) is 36.4 Å². The van der Waals surface area contributed by atoms with Crippen LogP contribution in [0.5, 0.6) is 0 Å². The van der Waals surface area contributed by atoms with Gasteiger partial charge in [0.05, 0.1) is 5.69 Å². The quantitative estimate of drug-likeness (QED) is 0.667. The van der Waals surface area contributed by atoms with Crippen LogP contribution in [-0.2, 0) is 0 Å². The van der Waals surface area contributed by atoms with Gasteiger partial charge in [0.1, 0.15) is 0 Å². The second-order valence-corrected chi connectivity index (χ2v) is 7.51. The highest BCUT2D eigenvalue weighted by molar-refractivity contribution is 8.13. The molecule has 7 nitrogen and oxygen atoms in total. The molecule has 0 saturated carbocycles. The van der Waals surface area contributed by atoms with E-state index in [1.807, 2.05) is 30.3 Å². The number of thioether (sulfide) groups is 1. The summed E-state index contributed by atoms with van der Waals surface area (Å²) in [4.78, 5) is 38.9. The number of hydrogen-bond donors (Lipinski definition) is 1. The molecule has 3 aromatic rings. The summed E-state index contributed by atoms with van der Waals surface area (Å²) in [5, 5.41) is 6.84. The van der Waals surface area contributed by atoms with Crippen LogP contribution in [0, 0.1) is 6.92 Å². The van der Waals surface area contributed by atoms with E-state index in [1.54, 1.807) is 50.0 Å². The summed E-state index contributed by atoms with van der Waals surface area (Å²) in [5.74, 6) is -0.593. The molecule has 1 N–H and O–H groups in total. The number of nitrogens with one attached hydrogen (secondary N) is 1. The SMILES string of the molecule is Cc1cc(=O)c(C(=O)Nc2ccc(SC(=O)N(C)C)cc2)nn1-c1ccccc1. The van der Waals surface area contributed by atoms with Crippen molar-refractivity contribution in [3.8, 4) is 5.69 Å². The molecular formula is C21H20N4O3S. The first-order chi connectivity index (χ1) is 13.8. The van der Waals surface area contributed by atoms with Gasteiger partial charge in [-0.2, -0.15) is 5.10 Å². The summed E-state index contributed by atoms with van der Waals surface area (Å²) in [6.45, 7) is 1.76. The van der Waals surface area contributed by atoms with Crippen molar-refractivity contribution in [2.75, 3.05) is 19.4 Å². The first kappa shape index (κ1) is 20.3. The predicted molar refractivity (Wildman–Crippen MR) is 114 cm³/mol. The molecule has 3 rings (SSSR count). The van der Waals surface area contributed by atoms with E-state index in [9.17, 15) is 14.4 Å². The van der Waals surface area contributed by atoms with Crippen LogP contribution in [-0.4, -0.2) is 39.9 Å².